The monoisotopic (exact) mass is 381 g/mol. The number of carbonyl (C=O) groups is 2. The first-order chi connectivity index (χ1) is 13.0. The predicted octanol–water partition coefficient (Wildman–Crippen LogP) is 4.73. The molecule has 2 fully saturated rings. The Balaban J connectivity index is 1.90. The van der Waals surface area contributed by atoms with Crippen molar-refractivity contribution < 1.29 is 14.7 Å². The van der Waals surface area contributed by atoms with Gasteiger partial charge in [0.05, 0.1) is 11.6 Å². The summed E-state index contributed by atoms with van der Waals surface area (Å²) in [6, 6.07) is 9.22. The number of thiophene rings is 1. The zero-order valence-corrected chi connectivity index (χ0v) is 16.4. The largest absolute Gasteiger partial charge is 0.507 e. The fourth-order valence-corrected chi connectivity index (χ4v) is 5.10. The van der Waals surface area contributed by atoms with E-state index in [4.69, 9.17) is 0 Å². The minimum Gasteiger partial charge on any atom is -0.507 e. The highest BCUT2D eigenvalue weighted by Crippen LogP contribution is 2.44. The van der Waals surface area contributed by atoms with Crippen LogP contribution in [0.5, 0.6) is 0 Å². The summed E-state index contributed by atoms with van der Waals surface area (Å²) in [7, 11) is 0. The van der Waals surface area contributed by atoms with Crippen molar-refractivity contribution in [3.8, 4) is 0 Å². The number of Topliss-reactive ketones (excluding diaryl/α,β-unsaturated/α-hetero) is 1. The van der Waals surface area contributed by atoms with E-state index in [0.29, 0.717) is 5.56 Å². The number of likely N-dealkylation sites (tertiary alicyclic amines) is 1. The molecule has 2 aliphatic rings. The van der Waals surface area contributed by atoms with Gasteiger partial charge < -0.3 is 10.0 Å². The number of ketones is 1. The number of nitrogens with zero attached hydrogens (tertiary/aromatic N) is 1. The minimum absolute atomic E-state index is 0.0616. The number of aliphatic hydroxyl groups is 1. The highest BCUT2D eigenvalue weighted by atomic mass is 32.1. The minimum atomic E-state index is -0.571. The molecule has 1 N–H and O–H groups in total. The number of hydrogen-bond acceptors (Lipinski definition) is 4. The third kappa shape index (κ3) is 3.00. The Bertz CT molecular complexity index is 923. The zero-order valence-electron chi connectivity index (χ0n) is 15.6. The van der Waals surface area contributed by atoms with Crippen LogP contribution in [0, 0.1) is 13.8 Å². The van der Waals surface area contributed by atoms with Crippen LogP contribution >= 0.6 is 11.3 Å². The lowest BCUT2D eigenvalue weighted by Crippen LogP contribution is -2.37. The summed E-state index contributed by atoms with van der Waals surface area (Å²) in [5.41, 5.74) is 2.74. The van der Waals surface area contributed by atoms with Crippen LogP contribution in [-0.2, 0) is 9.59 Å². The van der Waals surface area contributed by atoms with Crippen molar-refractivity contribution in [3.63, 3.8) is 0 Å². The van der Waals surface area contributed by atoms with Gasteiger partial charge in [-0.1, -0.05) is 36.6 Å². The molecule has 1 atom stereocenters. The van der Waals surface area contributed by atoms with Crippen LogP contribution in [0.1, 0.15) is 53.3 Å². The van der Waals surface area contributed by atoms with Crippen LogP contribution in [0.2, 0.25) is 0 Å². The van der Waals surface area contributed by atoms with Crippen LogP contribution in [-0.4, -0.2) is 27.7 Å². The van der Waals surface area contributed by atoms with E-state index in [2.05, 4.69) is 0 Å². The smallest absolute Gasteiger partial charge is 0.295 e. The molecule has 0 spiro atoms. The second-order valence-electron chi connectivity index (χ2n) is 7.48. The van der Waals surface area contributed by atoms with E-state index in [1.165, 1.54) is 11.3 Å². The lowest BCUT2D eigenvalue weighted by Gasteiger charge is -2.29. The van der Waals surface area contributed by atoms with Crippen molar-refractivity contribution in [1.29, 1.82) is 0 Å². The van der Waals surface area contributed by atoms with Gasteiger partial charge in [0.15, 0.2) is 0 Å². The Kier molecular flexibility index (Phi) is 4.64. The maximum atomic E-state index is 13.0. The van der Waals surface area contributed by atoms with Gasteiger partial charge in [-0.2, -0.15) is 0 Å². The second kappa shape index (κ2) is 6.97. The Hall–Kier alpha value is -2.40. The predicted molar refractivity (Wildman–Crippen MR) is 107 cm³/mol. The van der Waals surface area contributed by atoms with Gasteiger partial charge in [0.1, 0.15) is 5.76 Å². The van der Waals surface area contributed by atoms with E-state index in [9.17, 15) is 14.7 Å². The molecule has 27 heavy (non-hydrogen) atoms. The maximum absolute atomic E-state index is 13.0. The summed E-state index contributed by atoms with van der Waals surface area (Å²) in [5, 5.41) is 13.1. The van der Waals surface area contributed by atoms with Gasteiger partial charge in [-0.25, -0.2) is 0 Å². The summed E-state index contributed by atoms with van der Waals surface area (Å²) < 4.78 is 0. The molecule has 1 saturated carbocycles. The fourth-order valence-electron chi connectivity index (χ4n) is 4.27. The molecular weight excluding hydrogens is 358 g/mol. The lowest BCUT2D eigenvalue weighted by atomic mass is 9.96. The third-order valence-electron chi connectivity index (χ3n) is 5.66. The van der Waals surface area contributed by atoms with Crippen LogP contribution in [0.4, 0.5) is 0 Å². The molecule has 140 valence electrons. The number of rotatable bonds is 3. The van der Waals surface area contributed by atoms with E-state index in [-0.39, 0.29) is 17.4 Å². The van der Waals surface area contributed by atoms with Crippen LogP contribution in [0.25, 0.3) is 5.76 Å². The van der Waals surface area contributed by atoms with Gasteiger partial charge in [-0.3, -0.25) is 9.59 Å². The summed E-state index contributed by atoms with van der Waals surface area (Å²) in [6.45, 7) is 3.85. The first kappa shape index (κ1) is 18.0. The molecule has 0 radical (unpaired) electrons. The van der Waals surface area contributed by atoms with E-state index in [1.807, 2.05) is 49.6 Å². The number of benzene rings is 1. The van der Waals surface area contributed by atoms with Gasteiger partial charge >= 0.3 is 0 Å². The molecule has 0 bridgehead atoms. The molecule has 1 aliphatic heterocycles. The topological polar surface area (TPSA) is 57.6 Å². The van der Waals surface area contributed by atoms with Crippen LogP contribution in [0.3, 0.4) is 0 Å². The number of aryl methyl sites for hydroxylation is 2. The van der Waals surface area contributed by atoms with E-state index >= 15 is 0 Å². The maximum Gasteiger partial charge on any atom is 0.295 e. The van der Waals surface area contributed by atoms with Gasteiger partial charge in [-0.05, 0) is 49.8 Å². The van der Waals surface area contributed by atoms with Crippen molar-refractivity contribution in [2.75, 3.05) is 0 Å². The lowest BCUT2D eigenvalue weighted by molar-refractivity contribution is -0.141. The molecule has 1 aromatic heterocycles. The summed E-state index contributed by atoms with van der Waals surface area (Å²) in [5.74, 6) is -1.11. The third-order valence-corrected chi connectivity index (χ3v) is 6.58. The van der Waals surface area contributed by atoms with Gasteiger partial charge in [-0.15, -0.1) is 11.3 Å². The highest BCUT2D eigenvalue weighted by molar-refractivity contribution is 7.10. The Morgan fingerprint density at radius 3 is 2.56 bits per heavy atom. The van der Waals surface area contributed by atoms with Crippen LogP contribution in [0.15, 0.2) is 41.3 Å². The molecular formula is C22H23NO3S. The molecule has 5 heteroatoms. The molecule has 1 unspecified atom stereocenters. The Morgan fingerprint density at radius 1 is 1.15 bits per heavy atom. The molecule has 4 nitrogen and oxygen atoms in total. The molecule has 1 aromatic carbocycles. The molecule has 1 aliphatic carbocycles. The highest BCUT2D eigenvalue weighted by Gasteiger charge is 2.49. The number of carbonyl (C=O) groups excluding carboxylic acids is 2. The quantitative estimate of drug-likeness (QED) is 0.475. The number of hydrogen-bond donors (Lipinski definition) is 1. The standard InChI is InChI=1S/C22H23NO3S/c1-13-9-10-14(2)16(12-13)20(24)18-19(17-8-5-11-27-17)23(22(26)21(18)25)15-6-3-4-7-15/h5,8-12,15,19,24H,3-4,6-7H2,1-2H3/b20-18-. The summed E-state index contributed by atoms with van der Waals surface area (Å²) >= 11 is 1.52. The van der Waals surface area contributed by atoms with Crippen molar-refractivity contribution in [3.05, 3.63) is 62.9 Å². The average Bonchev–Trinajstić information content (AvgIpc) is 3.39. The van der Waals surface area contributed by atoms with Gasteiger partial charge in [0, 0.05) is 16.5 Å². The average molecular weight is 381 g/mol. The molecule has 4 rings (SSSR count). The van der Waals surface area contributed by atoms with Crippen molar-refractivity contribution in [2.24, 2.45) is 0 Å². The van der Waals surface area contributed by atoms with E-state index in [1.54, 1.807) is 4.90 Å². The molecule has 2 aromatic rings. The van der Waals surface area contributed by atoms with Crippen molar-refractivity contribution in [2.45, 2.75) is 51.6 Å². The number of amides is 1. The van der Waals surface area contributed by atoms with Crippen molar-refractivity contribution >= 4 is 28.8 Å². The van der Waals surface area contributed by atoms with Gasteiger partial charge in [0.25, 0.3) is 11.7 Å². The normalized spacial score (nSPS) is 22.7. The zero-order chi connectivity index (χ0) is 19.1. The molecule has 2 heterocycles. The fraction of sp³-hybridized carbons (Fsp3) is 0.364. The summed E-state index contributed by atoms with van der Waals surface area (Å²) in [6.07, 6.45) is 3.97. The first-order valence-electron chi connectivity index (χ1n) is 9.40. The second-order valence-corrected chi connectivity index (χ2v) is 8.46. The Morgan fingerprint density at radius 2 is 1.89 bits per heavy atom. The van der Waals surface area contributed by atoms with Crippen LogP contribution < -0.4 is 0 Å². The van der Waals surface area contributed by atoms with Crippen molar-refractivity contribution in [1.82, 2.24) is 4.90 Å². The molecule has 1 saturated heterocycles. The molecule has 1 amide bonds. The Labute approximate surface area is 163 Å². The first-order valence-corrected chi connectivity index (χ1v) is 10.3. The SMILES string of the molecule is Cc1ccc(C)c(/C(O)=C2/C(=O)C(=O)N(C3CCCC3)C2c2cccs2)c1. The van der Waals surface area contributed by atoms with Gasteiger partial charge in [0.2, 0.25) is 0 Å². The van der Waals surface area contributed by atoms with E-state index < -0.39 is 17.7 Å². The van der Waals surface area contributed by atoms with E-state index in [0.717, 1.165) is 41.7 Å². The number of aliphatic hydroxyl groups excluding tert-OH is 1. The summed E-state index contributed by atoms with van der Waals surface area (Å²) in [4.78, 5) is 28.6.